The fraction of sp³-hybridized carbons (Fsp3) is 0.304. The number of fused-ring (bicyclic) bond motifs is 2. The van der Waals surface area contributed by atoms with Crippen molar-refractivity contribution in [1.82, 2.24) is 9.88 Å². The maximum absolute atomic E-state index is 12.7. The highest BCUT2D eigenvalue weighted by atomic mass is 16.2. The van der Waals surface area contributed by atoms with Gasteiger partial charge in [-0.25, -0.2) is 15.1 Å². The molecule has 6 nitrogen and oxygen atoms in total. The summed E-state index contributed by atoms with van der Waals surface area (Å²) in [5.41, 5.74) is 4.56. The normalized spacial score (nSPS) is 23.0. The van der Waals surface area contributed by atoms with Crippen molar-refractivity contribution in [2.24, 2.45) is 11.8 Å². The van der Waals surface area contributed by atoms with E-state index in [1.165, 1.54) is 11.1 Å². The predicted molar refractivity (Wildman–Crippen MR) is 109 cm³/mol. The third-order valence-corrected chi connectivity index (χ3v) is 6.08. The van der Waals surface area contributed by atoms with Crippen LogP contribution in [0.2, 0.25) is 0 Å². The van der Waals surface area contributed by atoms with E-state index in [9.17, 15) is 9.59 Å². The van der Waals surface area contributed by atoms with Crippen LogP contribution in [0, 0.1) is 11.8 Å². The number of H-pyrrole nitrogens is 1. The Morgan fingerprint density at radius 3 is 3.07 bits per heavy atom. The summed E-state index contributed by atoms with van der Waals surface area (Å²) in [6.07, 6.45) is 13.6. The fourth-order valence-corrected chi connectivity index (χ4v) is 4.55. The van der Waals surface area contributed by atoms with Gasteiger partial charge >= 0.3 is 5.91 Å². The lowest BCUT2D eigenvalue weighted by molar-refractivity contribution is -0.361. The summed E-state index contributed by atoms with van der Waals surface area (Å²) in [5.74, 6) is 1.79. The van der Waals surface area contributed by atoms with E-state index in [1.54, 1.807) is 12.3 Å². The number of anilines is 1. The van der Waals surface area contributed by atoms with E-state index in [0.717, 1.165) is 36.5 Å². The maximum Gasteiger partial charge on any atom is 0.307 e. The van der Waals surface area contributed by atoms with Gasteiger partial charge in [0.15, 0.2) is 0 Å². The molecule has 0 bridgehead atoms. The van der Waals surface area contributed by atoms with Crippen molar-refractivity contribution in [2.75, 3.05) is 18.4 Å². The van der Waals surface area contributed by atoms with E-state index < -0.39 is 0 Å². The molecule has 2 aromatic rings. The number of pyridine rings is 2. The van der Waals surface area contributed by atoms with Crippen LogP contribution < -0.4 is 10.3 Å². The molecule has 3 aliphatic rings. The number of aryl methyl sites for hydroxylation is 1. The van der Waals surface area contributed by atoms with Gasteiger partial charge in [-0.05, 0) is 54.0 Å². The molecule has 6 heteroatoms. The monoisotopic (exact) mass is 387 g/mol. The van der Waals surface area contributed by atoms with Crippen molar-refractivity contribution in [3.05, 3.63) is 65.6 Å². The van der Waals surface area contributed by atoms with Crippen LogP contribution in [0.15, 0.2) is 48.9 Å². The third kappa shape index (κ3) is 3.58. The van der Waals surface area contributed by atoms with E-state index in [0.29, 0.717) is 24.7 Å². The van der Waals surface area contributed by atoms with Crippen LogP contribution in [0.1, 0.15) is 29.5 Å². The molecule has 5 rings (SSSR count). The first-order valence-corrected chi connectivity index (χ1v) is 10.1. The fourth-order valence-electron chi connectivity index (χ4n) is 4.55. The molecule has 1 saturated heterocycles. The number of likely N-dealkylation sites (tertiary alicyclic amines) is 1. The molecule has 29 heavy (non-hydrogen) atoms. The number of rotatable bonds is 3. The van der Waals surface area contributed by atoms with Crippen LogP contribution in [-0.4, -0.2) is 34.8 Å². The van der Waals surface area contributed by atoms with Gasteiger partial charge in [0, 0.05) is 42.7 Å². The molecule has 0 saturated carbocycles. The molecule has 2 unspecified atom stereocenters. The van der Waals surface area contributed by atoms with Gasteiger partial charge < -0.3 is 4.90 Å². The zero-order valence-electron chi connectivity index (χ0n) is 16.1. The Labute approximate surface area is 169 Å². The Bertz CT molecular complexity index is 1030. The first-order valence-electron chi connectivity index (χ1n) is 10.1. The number of nitrogens with zero attached hydrogens (tertiary/aromatic N) is 2. The molecule has 2 N–H and O–H groups in total. The number of allylic oxidation sites excluding steroid dienone is 1. The van der Waals surface area contributed by atoms with Gasteiger partial charge in [0.05, 0.1) is 12.6 Å². The number of carbonyl (C=O) groups excluding carboxylic acids is 2. The topological polar surface area (TPSA) is 76.4 Å². The van der Waals surface area contributed by atoms with Crippen LogP contribution in [-0.2, 0) is 16.0 Å². The minimum atomic E-state index is 0.0348. The van der Waals surface area contributed by atoms with Crippen LogP contribution in [0.3, 0.4) is 0 Å². The molecule has 2 aliphatic heterocycles. The molecule has 2 amide bonds. The Kier molecular flexibility index (Phi) is 4.46. The number of hydrogen-bond donors (Lipinski definition) is 1. The third-order valence-electron chi connectivity index (χ3n) is 6.08. The van der Waals surface area contributed by atoms with Crippen LogP contribution in [0.25, 0.3) is 11.6 Å². The average molecular weight is 387 g/mol. The smallest absolute Gasteiger partial charge is 0.307 e. The van der Waals surface area contributed by atoms with Crippen LogP contribution in [0.5, 0.6) is 0 Å². The zero-order valence-corrected chi connectivity index (χ0v) is 16.1. The molecule has 1 fully saturated rings. The predicted octanol–water partition coefficient (Wildman–Crippen LogP) is 2.36. The van der Waals surface area contributed by atoms with Crippen LogP contribution in [0.4, 0.5) is 5.82 Å². The average Bonchev–Trinajstić information content (AvgIpc) is 3.32. The van der Waals surface area contributed by atoms with Gasteiger partial charge in [-0.1, -0.05) is 12.1 Å². The van der Waals surface area contributed by atoms with Crippen LogP contribution >= 0.6 is 0 Å². The first kappa shape index (κ1) is 17.8. The second-order valence-corrected chi connectivity index (χ2v) is 8.02. The number of amides is 2. The van der Waals surface area contributed by atoms with Crippen molar-refractivity contribution in [1.29, 1.82) is 0 Å². The molecule has 0 radical (unpaired) electrons. The Balaban J connectivity index is 1.23. The summed E-state index contributed by atoms with van der Waals surface area (Å²) in [5, 5.41) is 2.83. The number of carbonyl (C=O) groups is 2. The van der Waals surface area contributed by atoms with Crippen molar-refractivity contribution < 1.29 is 14.6 Å². The Hall–Kier alpha value is -3.28. The van der Waals surface area contributed by atoms with Crippen molar-refractivity contribution >= 4 is 29.3 Å². The SMILES string of the molecule is O=C1CCc2cc(/C=C/C(=O)N3CC4C=C(c5cccnc5)CC4C3)c[nH+]c2N1. The minimum Gasteiger partial charge on any atom is -0.338 e. The second-order valence-electron chi connectivity index (χ2n) is 8.02. The Morgan fingerprint density at radius 1 is 1.31 bits per heavy atom. The summed E-state index contributed by atoms with van der Waals surface area (Å²) < 4.78 is 0. The molecule has 0 spiro atoms. The van der Waals surface area contributed by atoms with Crippen molar-refractivity contribution in [3.8, 4) is 0 Å². The standard InChI is InChI=1S/C23H22N4O2/c28-21-5-4-16-8-15(11-25-23(16)26-21)3-6-22(29)27-13-19-9-18(10-20(19)14-27)17-2-1-7-24-12-17/h1-3,6-9,11-12,19-20H,4-5,10,13-14H2,(H,25,26,28)/p+1/b6-3+. The zero-order chi connectivity index (χ0) is 19.8. The van der Waals surface area contributed by atoms with E-state index in [4.69, 9.17) is 0 Å². The highest BCUT2D eigenvalue weighted by molar-refractivity contribution is 5.93. The maximum atomic E-state index is 12.7. The van der Waals surface area contributed by atoms with E-state index in [1.807, 2.05) is 35.5 Å². The van der Waals surface area contributed by atoms with E-state index in [2.05, 4.69) is 27.4 Å². The molecule has 0 aromatic carbocycles. The summed E-state index contributed by atoms with van der Waals surface area (Å²) in [4.78, 5) is 33.4. The molecule has 146 valence electrons. The molecule has 1 aliphatic carbocycles. The van der Waals surface area contributed by atoms with Gasteiger partial charge in [-0.2, -0.15) is 0 Å². The number of aromatic amines is 1. The largest absolute Gasteiger partial charge is 0.338 e. The summed E-state index contributed by atoms with van der Waals surface area (Å²) in [7, 11) is 0. The highest BCUT2D eigenvalue weighted by Crippen LogP contribution is 2.40. The van der Waals surface area contributed by atoms with Gasteiger partial charge in [-0.15, -0.1) is 0 Å². The lowest BCUT2D eigenvalue weighted by atomic mass is 9.99. The number of nitrogens with one attached hydrogen (secondary N) is 2. The quantitative estimate of drug-likeness (QED) is 0.822. The highest BCUT2D eigenvalue weighted by Gasteiger charge is 2.37. The van der Waals surface area contributed by atoms with Gasteiger partial charge in [0.2, 0.25) is 5.91 Å². The number of hydrogen-bond acceptors (Lipinski definition) is 3. The molecular weight excluding hydrogens is 364 g/mol. The Morgan fingerprint density at radius 2 is 2.24 bits per heavy atom. The van der Waals surface area contributed by atoms with Gasteiger partial charge in [0.1, 0.15) is 0 Å². The summed E-state index contributed by atoms with van der Waals surface area (Å²) in [6, 6.07) is 6.10. The molecule has 2 aromatic heterocycles. The first-order chi connectivity index (χ1) is 14.2. The summed E-state index contributed by atoms with van der Waals surface area (Å²) >= 11 is 0. The van der Waals surface area contributed by atoms with Crippen molar-refractivity contribution in [3.63, 3.8) is 0 Å². The lowest BCUT2D eigenvalue weighted by Gasteiger charge is -2.15. The van der Waals surface area contributed by atoms with E-state index >= 15 is 0 Å². The minimum absolute atomic E-state index is 0.0348. The van der Waals surface area contributed by atoms with Gasteiger partial charge in [-0.3, -0.25) is 9.78 Å². The van der Waals surface area contributed by atoms with Crippen molar-refractivity contribution in [2.45, 2.75) is 19.3 Å². The molecule has 4 heterocycles. The lowest BCUT2D eigenvalue weighted by Crippen LogP contribution is -2.27. The summed E-state index contributed by atoms with van der Waals surface area (Å²) in [6.45, 7) is 1.58. The number of aromatic nitrogens is 2. The molecule has 2 atom stereocenters. The second kappa shape index (κ2) is 7.28. The van der Waals surface area contributed by atoms with Gasteiger partial charge in [0.25, 0.3) is 5.82 Å². The molecular formula is C23H23N4O2+. The van der Waals surface area contributed by atoms with E-state index in [-0.39, 0.29) is 11.8 Å².